The number of nitrogens with one attached hydrogen (secondary N) is 2. The number of nitrogens with zero attached hydrogens (tertiary/aromatic N) is 7. The number of H-pyrrole nitrogens is 1. The molecule has 0 bridgehead atoms. The first-order valence-electron chi connectivity index (χ1n) is 9.27. The van der Waals surface area contributed by atoms with E-state index in [1.807, 2.05) is 4.90 Å². The summed E-state index contributed by atoms with van der Waals surface area (Å²) < 4.78 is 1.77. The fraction of sp³-hybridized carbons (Fsp3) is 0.688. The number of piperidine rings is 1. The Morgan fingerprint density at radius 1 is 1.15 bits per heavy atom. The molecule has 2 aromatic heterocycles. The molecular weight excluding hydrogens is 334 g/mol. The largest absolute Gasteiger partial charge is 0.337 e. The van der Waals surface area contributed by atoms with E-state index in [1.165, 1.54) is 6.33 Å². The third-order valence-corrected chi connectivity index (χ3v) is 5.22. The molecule has 0 unspecified atom stereocenters. The summed E-state index contributed by atoms with van der Waals surface area (Å²) in [6, 6.07) is 0. The lowest BCUT2D eigenvalue weighted by atomic mass is 9.96. The number of hydrogen-bond donors (Lipinski definition) is 2. The first kappa shape index (κ1) is 17.1. The number of rotatable bonds is 5. The Morgan fingerprint density at radius 3 is 2.69 bits per heavy atom. The molecule has 140 valence electrons. The Bertz CT molecular complexity index is 699. The van der Waals surface area contributed by atoms with Gasteiger partial charge in [-0.2, -0.15) is 5.10 Å². The van der Waals surface area contributed by atoms with Gasteiger partial charge in [0.05, 0.1) is 12.7 Å². The average molecular weight is 359 g/mol. The molecule has 2 aromatic rings. The minimum Gasteiger partial charge on any atom is -0.337 e. The molecule has 0 aliphatic carbocycles. The SMILES string of the molecule is O=C(c1cn(CCN2CCNCC2)nn1)N1CCC(c2ncn[nH]2)CC1. The fourth-order valence-corrected chi connectivity index (χ4v) is 3.61. The zero-order valence-electron chi connectivity index (χ0n) is 14.8. The molecule has 0 radical (unpaired) electrons. The van der Waals surface area contributed by atoms with E-state index in [1.54, 1.807) is 10.9 Å². The van der Waals surface area contributed by atoms with Gasteiger partial charge < -0.3 is 10.2 Å². The molecule has 4 rings (SSSR count). The zero-order chi connectivity index (χ0) is 17.8. The zero-order valence-corrected chi connectivity index (χ0v) is 14.8. The van der Waals surface area contributed by atoms with Gasteiger partial charge in [0.2, 0.25) is 0 Å². The van der Waals surface area contributed by atoms with Crippen molar-refractivity contribution in [1.29, 1.82) is 0 Å². The van der Waals surface area contributed by atoms with Crippen molar-refractivity contribution in [2.24, 2.45) is 0 Å². The van der Waals surface area contributed by atoms with Crippen LogP contribution in [0.15, 0.2) is 12.5 Å². The van der Waals surface area contributed by atoms with E-state index in [9.17, 15) is 4.79 Å². The summed E-state index contributed by atoms with van der Waals surface area (Å²) in [4.78, 5) is 21.1. The van der Waals surface area contributed by atoms with Gasteiger partial charge in [0, 0.05) is 51.7 Å². The van der Waals surface area contributed by atoms with Crippen molar-refractivity contribution in [2.75, 3.05) is 45.8 Å². The Morgan fingerprint density at radius 2 is 1.96 bits per heavy atom. The summed E-state index contributed by atoms with van der Waals surface area (Å²) in [5, 5.41) is 18.4. The highest BCUT2D eigenvalue weighted by Crippen LogP contribution is 2.25. The number of carbonyl (C=O) groups is 1. The predicted octanol–water partition coefficient (Wildman–Crippen LogP) is -0.679. The number of aromatic nitrogens is 6. The van der Waals surface area contributed by atoms with Crippen LogP contribution in [-0.2, 0) is 6.54 Å². The molecule has 0 aromatic carbocycles. The fourth-order valence-electron chi connectivity index (χ4n) is 3.61. The van der Waals surface area contributed by atoms with E-state index in [0.29, 0.717) is 24.7 Å². The Kier molecular flexibility index (Phi) is 5.21. The van der Waals surface area contributed by atoms with Crippen LogP contribution in [0.2, 0.25) is 0 Å². The van der Waals surface area contributed by atoms with E-state index in [0.717, 1.165) is 57.9 Å². The standard InChI is InChI=1S/C16H25N9O/c26-16(24-5-1-13(2-6-24)15-18-12-19-21-15)14-11-25(22-20-14)10-9-23-7-3-17-4-8-23/h11-13,17H,1-10H2,(H,18,19,21). The second kappa shape index (κ2) is 7.92. The molecule has 2 fully saturated rings. The summed E-state index contributed by atoms with van der Waals surface area (Å²) >= 11 is 0. The number of piperazine rings is 1. The second-order valence-corrected chi connectivity index (χ2v) is 6.90. The summed E-state index contributed by atoms with van der Waals surface area (Å²) in [5.74, 6) is 1.22. The maximum atomic E-state index is 12.7. The quantitative estimate of drug-likeness (QED) is 0.728. The smallest absolute Gasteiger partial charge is 0.276 e. The van der Waals surface area contributed by atoms with Crippen molar-refractivity contribution in [1.82, 2.24) is 45.3 Å². The van der Waals surface area contributed by atoms with Crippen LogP contribution in [0.3, 0.4) is 0 Å². The van der Waals surface area contributed by atoms with Crippen molar-refractivity contribution in [3.63, 3.8) is 0 Å². The molecule has 0 atom stereocenters. The van der Waals surface area contributed by atoms with Crippen LogP contribution in [0.25, 0.3) is 0 Å². The van der Waals surface area contributed by atoms with Crippen molar-refractivity contribution >= 4 is 5.91 Å². The molecule has 2 aliphatic rings. The first-order valence-corrected chi connectivity index (χ1v) is 9.27. The number of hydrogen-bond acceptors (Lipinski definition) is 7. The summed E-state index contributed by atoms with van der Waals surface area (Å²) in [7, 11) is 0. The topological polar surface area (TPSA) is 108 Å². The van der Waals surface area contributed by atoms with E-state index in [4.69, 9.17) is 0 Å². The molecule has 10 heteroatoms. The molecule has 4 heterocycles. The van der Waals surface area contributed by atoms with Crippen LogP contribution in [0.5, 0.6) is 0 Å². The van der Waals surface area contributed by atoms with Gasteiger partial charge in [-0.3, -0.25) is 19.5 Å². The van der Waals surface area contributed by atoms with Gasteiger partial charge in [-0.15, -0.1) is 5.10 Å². The van der Waals surface area contributed by atoms with E-state index >= 15 is 0 Å². The van der Waals surface area contributed by atoms with Gasteiger partial charge in [0.1, 0.15) is 12.2 Å². The minimum atomic E-state index is -0.0329. The number of likely N-dealkylation sites (tertiary alicyclic amines) is 1. The Balaban J connectivity index is 1.28. The molecule has 0 saturated carbocycles. The molecule has 0 spiro atoms. The van der Waals surface area contributed by atoms with E-state index in [2.05, 4.69) is 35.7 Å². The van der Waals surface area contributed by atoms with Crippen LogP contribution >= 0.6 is 0 Å². The van der Waals surface area contributed by atoms with Gasteiger partial charge in [0.15, 0.2) is 5.69 Å². The summed E-state index contributed by atoms with van der Waals surface area (Å²) in [6.07, 6.45) is 5.08. The second-order valence-electron chi connectivity index (χ2n) is 6.90. The van der Waals surface area contributed by atoms with Crippen LogP contribution in [0.1, 0.15) is 35.1 Å². The third kappa shape index (κ3) is 3.91. The highest BCUT2D eigenvalue weighted by atomic mass is 16.2. The van der Waals surface area contributed by atoms with Gasteiger partial charge in [0.25, 0.3) is 5.91 Å². The summed E-state index contributed by atoms with van der Waals surface area (Å²) in [5.41, 5.74) is 0.434. The van der Waals surface area contributed by atoms with Crippen molar-refractivity contribution in [3.8, 4) is 0 Å². The third-order valence-electron chi connectivity index (χ3n) is 5.22. The van der Waals surface area contributed by atoms with E-state index < -0.39 is 0 Å². The molecule has 1 amide bonds. The lowest BCUT2D eigenvalue weighted by Crippen LogP contribution is -2.44. The minimum absolute atomic E-state index is 0.0329. The maximum absolute atomic E-state index is 12.7. The lowest BCUT2D eigenvalue weighted by molar-refractivity contribution is 0.0705. The van der Waals surface area contributed by atoms with Crippen LogP contribution < -0.4 is 5.32 Å². The highest BCUT2D eigenvalue weighted by Gasteiger charge is 2.27. The van der Waals surface area contributed by atoms with Gasteiger partial charge in [-0.05, 0) is 12.8 Å². The van der Waals surface area contributed by atoms with Gasteiger partial charge >= 0.3 is 0 Å². The van der Waals surface area contributed by atoms with Gasteiger partial charge in [-0.1, -0.05) is 5.21 Å². The van der Waals surface area contributed by atoms with E-state index in [-0.39, 0.29) is 5.91 Å². The maximum Gasteiger partial charge on any atom is 0.276 e. The number of amides is 1. The molecule has 2 aliphatic heterocycles. The lowest BCUT2D eigenvalue weighted by Gasteiger charge is -2.30. The van der Waals surface area contributed by atoms with Crippen LogP contribution in [0.4, 0.5) is 0 Å². The molecule has 2 N–H and O–H groups in total. The van der Waals surface area contributed by atoms with Gasteiger partial charge in [-0.25, -0.2) is 4.98 Å². The first-order chi connectivity index (χ1) is 12.8. The van der Waals surface area contributed by atoms with Crippen molar-refractivity contribution < 1.29 is 4.79 Å². The van der Waals surface area contributed by atoms with Crippen LogP contribution in [0, 0.1) is 0 Å². The predicted molar refractivity (Wildman–Crippen MR) is 93.6 cm³/mol. The number of carbonyl (C=O) groups excluding carboxylic acids is 1. The summed E-state index contributed by atoms with van der Waals surface area (Å²) in [6.45, 7) is 7.28. The van der Waals surface area contributed by atoms with Crippen LogP contribution in [-0.4, -0.2) is 91.7 Å². The average Bonchev–Trinajstić information content (AvgIpc) is 3.39. The molecular formula is C16H25N9O. The monoisotopic (exact) mass is 359 g/mol. The highest BCUT2D eigenvalue weighted by molar-refractivity contribution is 5.92. The Labute approximate surface area is 151 Å². The Hall–Kier alpha value is -2.33. The van der Waals surface area contributed by atoms with Crippen molar-refractivity contribution in [2.45, 2.75) is 25.3 Å². The van der Waals surface area contributed by atoms with Crippen molar-refractivity contribution in [3.05, 3.63) is 24.0 Å². The number of aromatic amines is 1. The molecule has 10 nitrogen and oxygen atoms in total. The molecule has 26 heavy (non-hydrogen) atoms. The normalized spacial score (nSPS) is 19.8. The molecule has 2 saturated heterocycles.